The van der Waals surface area contributed by atoms with Gasteiger partial charge in [0.1, 0.15) is 0 Å². The fourth-order valence-electron chi connectivity index (χ4n) is 1.89. The summed E-state index contributed by atoms with van der Waals surface area (Å²) in [4.78, 5) is 2.40. The van der Waals surface area contributed by atoms with Crippen LogP contribution in [0, 0.1) is 0 Å². The van der Waals surface area contributed by atoms with Gasteiger partial charge in [0.05, 0.1) is 0 Å². The molecule has 1 aromatic rings. The number of nitrogens with one attached hydrogen (secondary N) is 1. The Kier molecular flexibility index (Phi) is 7.06. The van der Waals surface area contributed by atoms with Gasteiger partial charge in [0, 0.05) is 31.5 Å². The van der Waals surface area contributed by atoms with Crippen molar-refractivity contribution in [2.45, 2.75) is 52.7 Å². The van der Waals surface area contributed by atoms with Crippen molar-refractivity contribution in [2.24, 2.45) is 0 Å². The number of rotatable bonds is 9. The minimum atomic E-state index is 0.659. The summed E-state index contributed by atoms with van der Waals surface area (Å²) in [6, 6.07) is 2.86. The molecule has 1 aromatic heterocycles. The Morgan fingerprint density at radius 2 is 2.11 bits per heavy atom. The lowest BCUT2D eigenvalue weighted by Crippen LogP contribution is -2.27. The van der Waals surface area contributed by atoms with Crippen LogP contribution in [-0.4, -0.2) is 35.6 Å². The number of hydrogen-bond donors (Lipinski definition) is 1. The van der Waals surface area contributed by atoms with Crippen LogP contribution in [0.4, 0.5) is 0 Å². The van der Waals surface area contributed by atoms with Gasteiger partial charge in [-0.2, -0.15) is 0 Å². The minimum absolute atomic E-state index is 0.659. The standard InChI is InChI=1S/C15H29N3/c1-5-18-11-8-15(13-18)12-16-9-6-7-10-17(4)14(2)3/h8,11,13-14,16H,5-7,9-10,12H2,1-4H3. The zero-order valence-corrected chi connectivity index (χ0v) is 12.4. The molecule has 0 aliphatic rings. The van der Waals surface area contributed by atoms with E-state index in [1.165, 1.54) is 24.9 Å². The van der Waals surface area contributed by atoms with Gasteiger partial charge in [-0.25, -0.2) is 0 Å². The summed E-state index contributed by atoms with van der Waals surface area (Å²) in [7, 11) is 2.20. The molecule has 0 unspecified atom stereocenters. The number of hydrogen-bond acceptors (Lipinski definition) is 2. The van der Waals surface area contributed by atoms with E-state index in [9.17, 15) is 0 Å². The van der Waals surface area contributed by atoms with Crippen LogP contribution >= 0.6 is 0 Å². The molecule has 0 saturated carbocycles. The van der Waals surface area contributed by atoms with Gasteiger partial charge in [-0.15, -0.1) is 0 Å². The summed E-state index contributed by atoms with van der Waals surface area (Å²) in [5.41, 5.74) is 1.39. The van der Waals surface area contributed by atoms with Gasteiger partial charge in [0.2, 0.25) is 0 Å². The van der Waals surface area contributed by atoms with Crippen molar-refractivity contribution in [1.29, 1.82) is 0 Å². The van der Waals surface area contributed by atoms with E-state index in [0.717, 1.165) is 19.6 Å². The van der Waals surface area contributed by atoms with Gasteiger partial charge in [0.15, 0.2) is 0 Å². The summed E-state index contributed by atoms with van der Waals surface area (Å²) >= 11 is 0. The molecule has 0 aliphatic heterocycles. The van der Waals surface area contributed by atoms with Crippen LogP contribution in [0.25, 0.3) is 0 Å². The van der Waals surface area contributed by atoms with Crippen molar-refractivity contribution in [2.75, 3.05) is 20.1 Å². The molecule has 0 fully saturated rings. The van der Waals surface area contributed by atoms with E-state index in [1.807, 2.05) is 0 Å². The van der Waals surface area contributed by atoms with Crippen molar-refractivity contribution in [3.8, 4) is 0 Å². The van der Waals surface area contributed by atoms with Crippen molar-refractivity contribution in [1.82, 2.24) is 14.8 Å². The Morgan fingerprint density at radius 3 is 2.72 bits per heavy atom. The molecule has 0 spiro atoms. The highest BCUT2D eigenvalue weighted by molar-refractivity contribution is 5.09. The molecule has 0 bridgehead atoms. The molecule has 3 nitrogen and oxygen atoms in total. The molecule has 0 radical (unpaired) electrons. The molecule has 18 heavy (non-hydrogen) atoms. The smallest absolute Gasteiger partial charge is 0.0220 e. The van der Waals surface area contributed by atoms with Crippen molar-refractivity contribution in [3.63, 3.8) is 0 Å². The van der Waals surface area contributed by atoms with E-state index in [0.29, 0.717) is 6.04 Å². The highest BCUT2D eigenvalue weighted by atomic mass is 15.1. The summed E-state index contributed by atoms with van der Waals surface area (Å²) < 4.78 is 2.22. The molecule has 0 amide bonds. The maximum absolute atomic E-state index is 3.51. The van der Waals surface area contributed by atoms with E-state index in [4.69, 9.17) is 0 Å². The third-order valence-corrected chi connectivity index (χ3v) is 3.50. The van der Waals surface area contributed by atoms with Gasteiger partial charge in [-0.05, 0) is 65.4 Å². The van der Waals surface area contributed by atoms with Crippen LogP contribution in [0.3, 0.4) is 0 Å². The fourth-order valence-corrected chi connectivity index (χ4v) is 1.89. The molecule has 104 valence electrons. The molecule has 1 heterocycles. The van der Waals surface area contributed by atoms with E-state index >= 15 is 0 Å². The molecule has 0 saturated heterocycles. The Balaban J connectivity index is 2.02. The second-order valence-corrected chi connectivity index (χ2v) is 5.31. The average Bonchev–Trinajstić information content (AvgIpc) is 2.81. The molecule has 0 aromatic carbocycles. The Labute approximate surface area is 112 Å². The average molecular weight is 251 g/mol. The van der Waals surface area contributed by atoms with Gasteiger partial charge in [-0.3, -0.25) is 0 Å². The Bertz CT molecular complexity index is 317. The van der Waals surface area contributed by atoms with Gasteiger partial charge in [-0.1, -0.05) is 0 Å². The predicted molar refractivity (Wildman–Crippen MR) is 78.8 cm³/mol. The van der Waals surface area contributed by atoms with Crippen LogP contribution in [0.5, 0.6) is 0 Å². The first-order chi connectivity index (χ1) is 8.63. The Morgan fingerprint density at radius 1 is 1.33 bits per heavy atom. The third kappa shape index (κ3) is 5.69. The minimum Gasteiger partial charge on any atom is -0.354 e. The maximum Gasteiger partial charge on any atom is 0.0220 e. The SMILES string of the molecule is CCn1ccc(CNCCCCN(C)C(C)C)c1. The zero-order valence-electron chi connectivity index (χ0n) is 12.4. The van der Waals surface area contributed by atoms with Crippen molar-refractivity contribution < 1.29 is 0 Å². The lowest BCUT2D eigenvalue weighted by Gasteiger charge is -2.20. The van der Waals surface area contributed by atoms with E-state index in [2.05, 4.69) is 61.1 Å². The fraction of sp³-hybridized carbons (Fsp3) is 0.733. The van der Waals surface area contributed by atoms with Crippen molar-refractivity contribution in [3.05, 3.63) is 24.0 Å². The Hall–Kier alpha value is -0.800. The summed E-state index contributed by atoms with van der Waals surface area (Å²) in [5.74, 6) is 0. The first kappa shape index (κ1) is 15.3. The van der Waals surface area contributed by atoms with Gasteiger partial charge < -0.3 is 14.8 Å². The van der Waals surface area contributed by atoms with Gasteiger partial charge >= 0.3 is 0 Å². The van der Waals surface area contributed by atoms with E-state index in [1.54, 1.807) is 0 Å². The molecular weight excluding hydrogens is 222 g/mol. The highest BCUT2D eigenvalue weighted by Crippen LogP contribution is 2.01. The largest absolute Gasteiger partial charge is 0.354 e. The second-order valence-electron chi connectivity index (χ2n) is 5.31. The van der Waals surface area contributed by atoms with Crippen molar-refractivity contribution >= 4 is 0 Å². The topological polar surface area (TPSA) is 20.2 Å². The van der Waals surface area contributed by atoms with E-state index in [-0.39, 0.29) is 0 Å². The van der Waals surface area contributed by atoms with Crippen LogP contribution in [0.2, 0.25) is 0 Å². The molecular formula is C15H29N3. The summed E-state index contributed by atoms with van der Waals surface area (Å²) in [6.07, 6.45) is 6.90. The lowest BCUT2D eigenvalue weighted by molar-refractivity contribution is 0.268. The monoisotopic (exact) mass is 251 g/mol. The number of aryl methyl sites for hydroxylation is 1. The quantitative estimate of drug-likeness (QED) is 0.681. The normalized spacial score (nSPS) is 11.7. The number of unbranched alkanes of at least 4 members (excludes halogenated alkanes) is 1. The second kappa shape index (κ2) is 8.33. The van der Waals surface area contributed by atoms with Crippen LogP contribution < -0.4 is 5.32 Å². The summed E-state index contributed by atoms with van der Waals surface area (Å²) in [5, 5.41) is 3.51. The molecule has 1 rings (SSSR count). The zero-order chi connectivity index (χ0) is 13.4. The first-order valence-corrected chi connectivity index (χ1v) is 7.19. The maximum atomic E-state index is 3.51. The lowest BCUT2D eigenvalue weighted by atomic mass is 10.2. The van der Waals surface area contributed by atoms with Gasteiger partial charge in [0.25, 0.3) is 0 Å². The van der Waals surface area contributed by atoms with Crippen LogP contribution in [-0.2, 0) is 13.1 Å². The molecule has 1 N–H and O–H groups in total. The van der Waals surface area contributed by atoms with Crippen LogP contribution in [0.15, 0.2) is 18.5 Å². The predicted octanol–water partition coefficient (Wildman–Crippen LogP) is 2.72. The van der Waals surface area contributed by atoms with E-state index < -0.39 is 0 Å². The number of aromatic nitrogens is 1. The van der Waals surface area contributed by atoms with Crippen LogP contribution in [0.1, 0.15) is 39.2 Å². The molecule has 0 aliphatic carbocycles. The molecule has 0 atom stereocenters. The highest BCUT2D eigenvalue weighted by Gasteiger charge is 2.01. The third-order valence-electron chi connectivity index (χ3n) is 3.50. The molecule has 3 heteroatoms. The summed E-state index contributed by atoms with van der Waals surface area (Å²) in [6.45, 7) is 11.0. The number of nitrogens with zero attached hydrogens (tertiary/aromatic N) is 2. The first-order valence-electron chi connectivity index (χ1n) is 7.19.